The number of carbonyl (C=O) groups excluding carboxylic acids is 8. The van der Waals surface area contributed by atoms with Crippen molar-refractivity contribution in [3.63, 3.8) is 0 Å². The van der Waals surface area contributed by atoms with Crippen LogP contribution in [0.25, 0.3) is 0 Å². The maximum atomic E-state index is 14.3. The van der Waals surface area contributed by atoms with Gasteiger partial charge in [-0.3, -0.25) is 38.4 Å². The van der Waals surface area contributed by atoms with Gasteiger partial charge in [0, 0.05) is 23.8 Å². The molecule has 1 aromatic carbocycles. The molecule has 8 amide bonds. The summed E-state index contributed by atoms with van der Waals surface area (Å²) in [6.45, 7) is 8.16. The fourth-order valence-electron chi connectivity index (χ4n) is 6.12. The number of benzene rings is 1. The molecule has 1 saturated heterocycles. The summed E-state index contributed by atoms with van der Waals surface area (Å²) >= 11 is 4.01. The number of aliphatic hydroxyl groups excluding tert-OH is 1. The molecule has 1 fully saturated rings. The summed E-state index contributed by atoms with van der Waals surface area (Å²) < 4.78 is -0.879. The number of primary amides is 2. The summed E-state index contributed by atoms with van der Waals surface area (Å²) in [7, 11) is 0. The van der Waals surface area contributed by atoms with Crippen molar-refractivity contribution in [1.29, 1.82) is 0 Å². The van der Waals surface area contributed by atoms with Crippen molar-refractivity contribution >= 4 is 82.5 Å². The Morgan fingerprint density at radius 3 is 2.02 bits per heavy atom. The van der Waals surface area contributed by atoms with E-state index in [1.54, 1.807) is 64.3 Å². The van der Waals surface area contributed by atoms with E-state index < -0.39 is 100 Å². The predicted octanol–water partition coefficient (Wildman–Crippen LogP) is -0.763. The van der Waals surface area contributed by atoms with Crippen molar-refractivity contribution in [3.8, 4) is 0 Å². The first kappa shape index (κ1) is 49.1. The third kappa shape index (κ3) is 15.4. The molecule has 57 heavy (non-hydrogen) atoms. The minimum Gasteiger partial charge on any atom is -0.381 e. The average molecular weight is 855 g/mol. The summed E-state index contributed by atoms with van der Waals surface area (Å²) in [5.41, 5.74) is 11.4. The smallest absolute Gasteiger partial charge is 0.254 e. The average Bonchev–Trinajstić information content (AvgIpc) is 3.46. The highest BCUT2D eigenvalue weighted by molar-refractivity contribution is 8.01. The van der Waals surface area contributed by atoms with E-state index in [-0.39, 0.29) is 30.9 Å². The van der Waals surface area contributed by atoms with Crippen LogP contribution < -0.4 is 38.1 Å². The molecule has 10 N–H and O–H groups in total. The molecule has 1 aliphatic heterocycles. The second kappa shape index (κ2) is 23.4. The van der Waals surface area contributed by atoms with Gasteiger partial charge in [0.1, 0.15) is 30.2 Å². The predicted molar refractivity (Wildman–Crippen MR) is 222 cm³/mol. The number of hydrogen-bond donors (Lipinski definition) is 8. The van der Waals surface area contributed by atoms with Crippen LogP contribution in [0.15, 0.2) is 30.3 Å². The monoisotopic (exact) mass is 854 g/mol. The summed E-state index contributed by atoms with van der Waals surface area (Å²) in [4.78, 5) is 105. The highest BCUT2D eigenvalue weighted by Crippen LogP contribution is 2.40. The maximum absolute atomic E-state index is 14.3. The number of nitrogens with one attached hydrogen (secondary N) is 5. The lowest BCUT2D eigenvalue weighted by atomic mass is 9.96. The molecule has 7 atom stereocenters. The van der Waals surface area contributed by atoms with Gasteiger partial charge < -0.3 is 48.1 Å². The zero-order valence-electron chi connectivity index (χ0n) is 33.5. The molecule has 0 saturated carbocycles. The molecule has 1 aliphatic rings. The van der Waals surface area contributed by atoms with Crippen LogP contribution in [0, 0.1) is 5.92 Å². The minimum atomic E-state index is -1.87. The van der Waals surface area contributed by atoms with E-state index in [0.29, 0.717) is 17.7 Å². The third-order valence-electron chi connectivity index (χ3n) is 9.19. The van der Waals surface area contributed by atoms with E-state index in [1.807, 2.05) is 6.26 Å². The first-order chi connectivity index (χ1) is 26.7. The largest absolute Gasteiger partial charge is 0.381 e. The van der Waals surface area contributed by atoms with Crippen molar-refractivity contribution in [2.75, 3.05) is 29.9 Å². The van der Waals surface area contributed by atoms with Gasteiger partial charge in [-0.2, -0.15) is 23.5 Å². The molecule has 0 spiro atoms. The lowest BCUT2D eigenvalue weighted by Gasteiger charge is -2.35. The van der Waals surface area contributed by atoms with Crippen LogP contribution in [0.3, 0.4) is 0 Å². The molecule has 0 bridgehead atoms. The number of thioether (sulfide) groups is 3. The third-order valence-corrected chi connectivity index (χ3v) is 11.9. The van der Waals surface area contributed by atoms with E-state index >= 15 is 0 Å². The Labute approximate surface area is 346 Å². The molecule has 318 valence electrons. The highest BCUT2D eigenvalue weighted by atomic mass is 32.2. The van der Waals surface area contributed by atoms with Crippen molar-refractivity contribution in [3.05, 3.63) is 35.9 Å². The molecule has 0 radical (unpaired) electrons. The van der Waals surface area contributed by atoms with Crippen LogP contribution in [-0.4, -0.2) is 134 Å². The molecule has 0 aromatic heterocycles. The number of aliphatic hydroxyl groups is 1. The van der Waals surface area contributed by atoms with Crippen LogP contribution in [0.5, 0.6) is 0 Å². The summed E-state index contributed by atoms with van der Waals surface area (Å²) in [6, 6.07) is 1.99. The van der Waals surface area contributed by atoms with Gasteiger partial charge in [-0.05, 0) is 62.9 Å². The van der Waals surface area contributed by atoms with Crippen LogP contribution >= 0.6 is 35.3 Å². The number of carbonyl (C=O) groups is 8. The van der Waals surface area contributed by atoms with Crippen molar-refractivity contribution in [2.45, 2.75) is 107 Å². The first-order valence-electron chi connectivity index (χ1n) is 18.4. The zero-order valence-corrected chi connectivity index (χ0v) is 35.9. The molecule has 20 heteroatoms. The molecule has 0 aliphatic carbocycles. The van der Waals surface area contributed by atoms with Gasteiger partial charge in [0.15, 0.2) is 6.10 Å². The molecule has 17 nitrogen and oxygen atoms in total. The van der Waals surface area contributed by atoms with Gasteiger partial charge in [0.2, 0.25) is 41.4 Å². The lowest BCUT2D eigenvalue weighted by molar-refractivity contribution is -0.148. The topological polar surface area (TPSA) is 272 Å². The molecule has 1 heterocycles. The van der Waals surface area contributed by atoms with Crippen LogP contribution in [0.4, 0.5) is 0 Å². The SMILES string of the molecule is CSCC[C@H](NC(=O)[C@@H](NC(=O)[C@H]1N(C(=O)[C@@H](O)[C@H](Cc2ccccc2)NC(=O)[C@H](CSC)NC(=O)[C@H](CCC(N)=O)NC(C)=O)CSC1(C)C)C(C)C)C(N)=O. The Morgan fingerprint density at radius 1 is 0.860 bits per heavy atom. The molecule has 1 aromatic rings. The van der Waals surface area contributed by atoms with E-state index in [2.05, 4.69) is 26.6 Å². The highest BCUT2D eigenvalue weighted by Gasteiger charge is 2.50. The van der Waals surface area contributed by atoms with Crippen LogP contribution in [0.2, 0.25) is 0 Å². The molecular weight excluding hydrogens is 797 g/mol. The number of nitrogens with two attached hydrogens (primary N) is 2. The second-order valence-corrected chi connectivity index (χ2v) is 18.1. The minimum absolute atomic E-state index is 0.00492. The van der Waals surface area contributed by atoms with Gasteiger partial charge in [-0.1, -0.05) is 44.2 Å². The number of amides is 8. The number of hydrogen-bond acceptors (Lipinski definition) is 12. The summed E-state index contributed by atoms with van der Waals surface area (Å²) in [6.07, 6.45) is 1.67. The first-order valence-corrected chi connectivity index (χ1v) is 22.2. The fourth-order valence-corrected chi connectivity index (χ4v) is 8.30. The Hall–Kier alpha value is -4.01. The summed E-state index contributed by atoms with van der Waals surface area (Å²) in [5.74, 6) is -5.30. The van der Waals surface area contributed by atoms with Crippen molar-refractivity contribution in [2.24, 2.45) is 17.4 Å². The molecule has 0 unspecified atom stereocenters. The second-order valence-electron chi connectivity index (χ2n) is 14.6. The lowest BCUT2D eigenvalue weighted by Crippen LogP contribution is -2.62. The van der Waals surface area contributed by atoms with E-state index in [1.165, 1.54) is 47.1 Å². The standard InChI is InChI=1S/C37H58N8O9S3/c1-20(2)28(34(52)41-23(31(39)49)15-16-55-6)44-35(53)30-37(4,5)57-19-45(30)36(54)29(48)25(17-22-11-9-8-10-12-22)42-33(51)26(18-56-7)43-32(50)24(40-21(3)46)13-14-27(38)47/h8-12,20,23-26,28-30,48H,13-19H2,1-7H3,(H2,38,47)(H2,39,49)(H,40,46)(H,41,52)(H,42,51)(H,43,50)(H,44,53)/t23-,24-,25-,26-,28-,29-,30+/m0/s1. The maximum Gasteiger partial charge on any atom is 0.254 e. The van der Waals surface area contributed by atoms with E-state index in [4.69, 9.17) is 11.5 Å². The van der Waals surface area contributed by atoms with Crippen LogP contribution in [-0.2, 0) is 44.8 Å². The Kier molecular flexibility index (Phi) is 20.2. The van der Waals surface area contributed by atoms with Crippen molar-refractivity contribution < 1.29 is 43.5 Å². The molecular formula is C37H58N8O9S3. The zero-order chi connectivity index (χ0) is 43.0. The quantitative estimate of drug-likeness (QED) is 0.0675. The van der Waals surface area contributed by atoms with Gasteiger partial charge >= 0.3 is 0 Å². The summed E-state index contributed by atoms with van der Waals surface area (Å²) in [5, 5.41) is 25.0. The fraction of sp³-hybridized carbons (Fsp3) is 0.622. The Bertz CT molecular complexity index is 1590. The Balaban J connectivity index is 2.39. The number of nitrogens with zero attached hydrogens (tertiary/aromatic N) is 1. The normalized spacial score (nSPS) is 17.9. The van der Waals surface area contributed by atoms with Gasteiger partial charge in [-0.25, -0.2) is 0 Å². The molecule has 2 rings (SSSR count). The van der Waals surface area contributed by atoms with E-state index in [9.17, 15) is 43.5 Å². The number of rotatable bonds is 23. The van der Waals surface area contributed by atoms with Gasteiger partial charge in [0.25, 0.3) is 5.91 Å². The van der Waals surface area contributed by atoms with Crippen molar-refractivity contribution in [1.82, 2.24) is 31.5 Å². The van der Waals surface area contributed by atoms with E-state index in [0.717, 1.165) is 0 Å². The van der Waals surface area contributed by atoms with Gasteiger partial charge in [-0.15, -0.1) is 11.8 Å². The van der Waals surface area contributed by atoms with Crippen LogP contribution in [0.1, 0.15) is 59.4 Å². The van der Waals surface area contributed by atoms with Gasteiger partial charge in [0.05, 0.1) is 11.9 Å². The Morgan fingerprint density at radius 2 is 1.47 bits per heavy atom.